The van der Waals surface area contributed by atoms with E-state index in [0.29, 0.717) is 18.6 Å². The highest BCUT2D eigenvalue weighted by Crippen LogP contribution is 2.48. The van der Waals surface area contributed by atoms with E-state index in [1.54, 1.807) is 0 Å². The fourth-order valence-electron chi connectivity index (χ4n) is 7.37. The lowest BCUT2D eigenvalue weighted by molar-refractivity contribution is 0.0968. The van der Waals surface area contributed by atoms with Crippen LogP contribution in [0.1, 0.15) is 50.8 Å². The largest absolute Gasteiger partial charge is 0.493 e. The molecule has 6 heteroatoms. The van der Waals surface area contributed by atoms with E-state index in [1.165, 1.54) is 24.1 Å². The van der Waals surface area contributed by atoms with Gasteiger partial charge >= 0.3 is 0 Å². The Morgan fingerprint density at radius 1 is 1.08 bits per heavy atom. The summed E-state index contributed by atoms with van der Waals surface area (Å²) in [5.41, 5.74) is 6.04. The average molecular weight is 545 g/mol. The Kier molecular flexibility index (Phi) is 7.84. The van der Waals surface area contributed by atoms with E-state index in [0.717, 1.165) is 79.8 Å². The minimum Gasteiger partial charge on any atom is -0.493 e. The first-order valence-electron chi connectivity index (χ1n) is 14.8. The van der Waals surface area contributed by atoms with Gasteiger partial charge in [-0.05, 0) is 74.5 Å². The van der Waals surface area contributed by atoms with Crippen LogP contribution < -0.4 is 15.0 Å². The van der Waals surface area contributed by atoms with Crippen molar-refractivity contribution < 1.29 is 4.74 Å². The highest BCUT2D eigenvalue weighted by atomic mass is 35.5. The number of nitrogens with one attached hydrogen (secondary N) is 1. The molecule has 3 atom stereocenters. The highest BCUT2D eigenvalue weighted by Gasteiger charge is 2.48. The van der Waals surface area contributed by atoms with Crippen LogP contribution in [0.2, 0.25) is 5.02 Å². The zero-order valence-corrected chi connectivity index (χ0v) is 24.1. The molecule has 0 amide bonds. The van der Waals surface area contributed by atoms with Gasteiger partial charge in [-0.3, -0.25) is 9.88 Å². The Morgan fingerprint density at radius 2 is 1.92 bits per heavy atom. The van der Waals surface area contributed by atoms with Crippen molar-refractivity contribution in [3.8, 4) is 17.0 Å². The van der Waals surface area contributed by atoms with Crippen LogP contribution in [0.5, 0.6) is 5.75 Å². The summed E-state index contributed by atoms with van der Waals surface area (Å²) >= 11 is 6.66. The Morgan fingerprint density at radius 3 is 2.72 bits per heavy atom. The van der Waals surface area contributed by atoms with Gasteiger partial charge in [-0.1, -0.05) is 55.3 Å². The highest BCUT2D eigenvalue weighted by molar-refractivity contribution is 6.33. The molecule has 206 valence electrons. The fourth-order valence-corrected chi connectivity index (χ4v) is 7.63. The average Bonchev–Trinajstić information content (AvgIpc) is 3.47. The second-order valence-electron chi connectivity index (χ2n) is 11.5. The van der Waals surface area contributed by atoms with Crippen molar-refractivity contribution in [2.45, 2.75) is 57.5 Å². The summed E-state index contributed by atoms with van der Waals surface area (Å²) < 4.78 is 5.98. The van der Waals surface area contributed by atoms with Crippen LogP contribution in [0.15, 0.2) is 60.7 Å². The first-order valence-corrected chi connectivity index (χ1v) is 15.2. The van der Waals surface area contributed by atoms with E-state index in [4.69, 9.17) is 21.3 Å². The lowest BCUT2D eigenvalue weighted by Crippen LogP contribution is -2.58. The van der Waals surface area contributed by atoms with Gasteiger partial charge in [0.1, 0.15) is 5.75 Å². The predicted molar refractivity (Wildman–Crippen MR) is 161 cm³/mol. The molecule has 0 unspecified atom stereocenters. The maximum Gasteiger partial charge on any atom is 0.128 e. The van der Waals surface area contributed by atoms with E-state index in [9.17, 15) is 0 Å². The Bertz CT molecular complexity index is 1290. The maximum absolute atomic E-state index is 6.66. The van der Waals surface area contributed by atoms with E-state index < -0.39 is 0 Å². The van der Waals surface area contributed by atoms with Crippen LogP contribution in [0.4, 0.5) is 5.69 Å². The number of halogens is 1. The number of aromatic nitrogens is 1. The standard InChI is InChI=1S/C33H41ClN4O/c1-3-24-20-38(31-13-7-6-12-28(31)34)19-17-33(24)23-37(21-25-10-9-18-35-25)22-30-27(33)15-16-29(36-30)26-11-5-8-14-32(26)39-4-2/h5-8,11-16,24-25,35H,3-4,9-10,17-23H2,1-2H3/t24-,25-,33+/m1/s1. The van der Waals surface area contributed by atoms with Crippen LogP contribution in [-0.4, -0.2) is 55.3 Å². The molecule has 39 heavy (non-hydrogen) atoms. The zero-order chi connectivity index (χ0) is 26.8. The molecule has 2 saturated heterocycles. The number of hydrogen-bond acceptors (Lipinski definition) is 5. The fraction of sp³-hybridized carbons (Fsp3) is 0.485. The van der Waals surface area contributed by atoms with Crippen LogP contribution in [0, 0.1) is 5.92 Å². The third-order valence-corrected chi connectivity index (χ3v) is 9.55. The van der Waals surface area contributed by atoms with Crippen LogP contribution >= 0.6 is 11.6 Å². The summed E-state index contributed by atoms with van der Waals surface area (Å²) in [6.07, 6.45) is 4.78. The Balaban J connectivity index is 1.38. The molecule has 6 rings (SSSR count). The smallest absolute Gasteiger partial charge is 0.128 e. The van der Waals surface area contributed by atoms with Gasteiger partial charge in [-0.2, -0.15) is 0 Å². The van der Waals surface area contributed by atoms with E-state index in [-0.39, 0.29) is 5.41 Å². The van der Waals surface area contributed by atoms with Gasteiger partial charge in [-0.25, -0.2) is 0 Å². The Hall–Kier alpha value is -2.60. The van der Waals surface area contributed by atoms with Crippen molar-refractivity contribution in [3.63, 3.8) is 0 Å². The number of nitrogens with zero attached hydrogens (tertiary/aromatic N) is 3. The molecular formula is C33H41ClN4O. The number of para-hydroxylation sites is 2. The minimum absolute atomic E-state index is 0.0870. The quantitative estimate of drug-likeness (QED) is 0.365. The first-order chi connectivity index (χ1) is 19.1. The topological polar surface area (TPSA) is 40.6 Å². The second-order valence-corrected chi connectivity index (χ2v) is 11.9. The minimum atomic E-state index is 0.0870. The van der Waals surface area contributed by atoms with Crippen molar-refractivity contribution in [3.05, 3.63) is 76.9 Å². The number of hydrogen-bond donors (Lipinski definition) is 1. The molecule has 1 aromatic heterocycles. The molecule has 0 saturated carbocycles. The lowest BCUT2D eigenvalue weighted by atomic mass is 9.62. The maximum atomic E-state index is 6.66. The molecule has 0 bridgehead atoms. The van der Waals surface area contributed by atoms with Gasteiger partial charge in [-0.15, -0.1) is 0 Å². The zero-order valence-electron chi connectivity index (χ0n) is 23.3. The van der Waals surface area contributed by atoms with Crippen molar-refractivity contribution in [1.82, 2.24) is 15.2 Å². The Labute approximate surface area is 238 Å². The number of benzene rings is 2. The number of piperidine rings is 1. The molecule has 3 aliphatic rings. The summed E-state index contributed by atoms with van der Waals surface area (Å²) in [6.45, 7) is 11.3. The summed E-state index contributed by atoms with van der Waals surface area (Å²) in [6, 6.07) is 21.8. The third-order valence-electron chi connectivity index (χ3n) is 9.23. The van der Waals surface area contributed by atoms with E-state index in [1.807, 2.05) is 25.1 Å². The van der Waals surface area contributed by atoms with Gasteiger partial charge in [0.2, 0.25) is 0 Å². The number of rotatable bonds is 7. The monoisotopic (exact) mass is 544 g/mol. The second kappa shape index (κ2) is 11.5. The van der Waals surface area contributed by atoms with Gasteiger partial charge in [0, 0.05) is 49.7 Å². The molecule has 1 N–H and O–H groups in total. The van der Waals surface area contributed by atoms with Gasteiger partial charge in [0.05, 0.1) is 28.7 Å². The number of anilines is 1. The molecule has 1 spiro atoms. The summed E-state index contributed by atoms with van der Waals surface area (Å²) in [4.78, 5) is 10.6. The molecule has 0 radical (unpaired) electrons. The van der Waals surface area contributed by atoms with E-state index >= 15 is 0 Å². The molecular weight excluding hydrogens is 504 g/mol. The van der Waals surface area contributed by atoms with Gasteiger partial charge in [0.25, 0.3) is 0 Å². The number of fused-ring (bicyclic) bond motifs is 2. The number of ether oxygens (including phenoxy) is 1. The molecule has 3 aliphatic heterocycles. The van der Waals surface area contributed by atoms with Gasteiger partial charge < -0.3 is 15.0 Å². The normalized spacial score (nSPS) is 25.2. The molecule has 4 heterocycles. The first kappa shape index (κ1) is 26.6. The van der Waals surface area contributed by atoms with Crippen molar-refractivity contribution in [1.29, 1.82) is 0 Å². The number of pyridine rings is 1. The SMILES string of the molecule is CCOc1ccccc1-c1ccc2c(n1)CN(C[C@H]1CCCN1)C[C@]21CCN(c2ccccc2Cl)C[C@H]1CC. The van der Waals surface area contributed by atoms with Crippen molar-refractivity contribution in [2.75, 3.05) is 44.2 Å². The molecule has 2 fully saturated rings. The molecule has 5 nitrogen and oxygen atoms in total. The molecule has 3 aromatic rings. The van der Waals surface area contributed by atoms with Crippen LogP contribution in [0.25, 0.3) is 11.3 Å². The van der Waals surface area contributed by atoms with Crippen molar-refractivity contribution in [2.24, 2.45) is 5.92 Å². The summed E-state index contributed by atoms with van der Waals surface area (Å²) in [5, 5.41) is 4.58. The summed E-state index contributed by atoms with van der Waals surface area (Å²) in [5.74, 6) is 1.42. The van der Waals surface area contributed by atoms with E-state index in [2.05, 4.69) is 64.5 Å². The van der Waals surface area contributed by atoms with Crippen LogP contribution in [0.3, 0.4) is 0 Å². The predicted octanol–water partition coefficient (Wildman–Crippen LogP) is 6.54. The third kappa shape index (κ3) is 5.17. The summed E-state index contributed by atoms with van der Waals surface area (Å²) in [7, 11) is 0. The van der Waals surface area contributed by atoms with Crippen LogP contribution in [-0.2, 0) is 12.0 Å². The lowest BCUT2D eigenvalue weighted by Gasteiger charge is -2.53. The van der Waals surface area contributed by atoms with Crippen molar-refractivity contribution >= 4 is 17.3 Å². The molecule has 2 aromatic carbocycles. The van der Waals surface area contributed by atoms with Gasteiger partial charge in [0.15, 0.2) is 0 Å². The molecule has 0 aliphatic carbocycles.